The molecule has 134 valence electrons. The van der Waals surface area contributed by atoms with Crippen molar-refractivity contribution in [3.05, 3.63) is 29.3 Å². The van der Waals surface area contributed by atoms with Crippen molar-refractivity contribution in [1.29, 1.82) is 0 Å². The Morgan fingerprint density at radius 3 is 2.50 bits per heavy atom. The summed E-state index contributed by atoms with van der Waals surface area (Å²) in [4.78, 5) is 4.12. The second-order valence-electron chi connectivity index (χ2n) is 6.78. The molecule has 0 radical (unpaired) electrons. The minimum atomic E-state index is -2.94. The van der Waals surface area contributed by atoms with Gasteiger partial charge in [-0.2, -0.15) is 0 Å². The van der Waals surface area contributed by atoms with Gasteiger partial charge in [0.2, 0.25) is 0 Å². The van der Waals surface area contributed by atoms with Gasteiger partial charge in [0.1, 0.15) is 0 Å². The highest BCUT2D eigenvalue weighted by Gasteiger charge is 2.33. The molecular formula is C17H27N3O2S2. The Morgan fingerprint density at radius 1 is 1.25 bits per heavy atom. The van der Waals surface area contributed by atoms with Crippen molar-refractivity contribution in [3.63, 3.8) is 0 Å². The minimum absolute atomic E-state index is 0.0403. The number of rotatable bonds is 5. The summed E-state index contributed by atoms with van der Waals surface area (Å²) in [5, 5.41) is 3.88. The molecule has 1 aromatic carbocycles. The van der Waals surface area contributed by atoms with Gasteiger partial charge in [-0.1, -0.05) is 6.07 Å². The Morgan fingerprint density at radius 2 is 1.96 bits per heavy atom. The van der Waals surface area contributed by atoms with Gasteiger partial charge >= 0.3 is 0 Å². The first-order chi connectivity index (χ1) is 11.2. The van der Waals surface area contributed by atoms with E-state index in [1.165, 1.54) is 11.1 Å². The standard InChI is InChI=1S/C17H27N3O2S2/c1-13-5-6-15(11-14(13)2)18-17(23)20(9-8-19(3)4)16-7-10-24(21,22)12-16/h5-6,11,16H,7-10,12H2,1-4H3,(H,18,23)/t16-/m0/s1. The quantitative estimate of drug-likeness (QED) is 0.802. The summed E-state index contributed by atoms with van der Waals surface area (Å²) in [5.74, 6) is 0.442. The number of sulfone groups is 1. The van der Waals surface area contributed by atoms with Crippen LogP contribution in [0.4, 0.5) is 5.69 Å². The molecule has 1 atom stereocenters. The molecule has 0 saturated carbocycles. The molecule has 1 aromatic rings. The summed E-state index contributed by atoms with van der Waals surface area (Å²) >= 11 is 5.60. The second-order valence-corrected chi connectivity index (χ2v) is 9.40. The number of thiocarbonyl (C=S) groups is 1. The summed E-state index contributed by atoms with van der Waals surface area (Å²) in [6, 6.07) is 6.09. The van der Waals surface area contributed by atoms with Crippen LogP contribution in [0.2, 0.25) is 0 Å². The van der Waals surface area contributed by atoms with E-state index >= 15 is 0 Å². The van der Waals surface area contributed by atoms with Crippen molar-refractivity contribution in [3.8, 4) is 0 Å². The van der Waals surface area contributed by atoms with E-state index in [1.54, 1.807) is 0 Å². The molecule has 0 amide bonds. The molecule has 0 bridgehead atoms. The molecule has 2 rings (SSSR count). The Kier molecular flexibility index (Phi) is 6.22. The van der Waals surface area contributed by atoms with Crippen LogP contribution in [-0.2, 0) is 9.84 Å². The predicted octanol–water partition coefficient (Wildman–Crippen LogP) is 2.05. The van der Waals surface area contributed by atoms with Gasteiger partial charge in [0.15, 0.2) is 14.9 Å². The second kappa shape index (κ2) is 7.80. The van der Waals surface area contributed by atoms with E-state index in [2.05, 4.69) is 36.2 Å². The van der Waals surface area contributed by atoms with Crippen LogP contribution < -0.4 is 5.32 Å². The maximum Gasteiger partial charge on any atom is 0.173 e. The molecule has 1 aliphatic heterocycles. The van der Waals surface area contributed by atoms with E-state index in [0.717, 1.165) is 12.2 Å². The lowest BCUT2D eigenvalue weighted by molar-refractivity contribution is 0.289. The fourth-order valence-corrected chi connectivity index (χ4v) is 4.88. The van der Waals surface area contributed by atoms with Gasteiger partial charge < -0.3 is 15.1 Å². The highest BCUT2D eigenvalue weighted by atomic mass is 32.2. The van der Waals surface area contributed by atoms with Crippen LogP contribution in [0, 0.1) is 13.8 Å². The van der Waals surface area contributed by atoms with Crippen LogP contribution in [0.15, 0.2) is 18.2 Å². The summed E-state index contributed by atoms with van der Waals surface area (Å²) in [6.07, 6.45) is 0.643. The van der Waals surface area contributed by atoms with Crippen LogP contribution in [0.3, 0.4) is 0 Å². The number of aryl methyl sites for hydroxylation is 2. The topological polar surface area (TPSA) is 52.6 Å². The van der Waals surface area contributed by atoms with Crippen molar-refractivity contribution in [2.75, 3.05) is 44.0 Å². The average molecular weight is 370 g/mol. The van der Waals surface area contributed by atoms with Crippen molar-refractivity contribution in [2.45, 2.75) is 26.3 Å². The fraction of sp³-hybridized carbons (Fsp3) is 0.588. The lowest BCUT2D eigenvalue weighted by atomic mass is 10.1. The molecule has 1 N–H and O–H groups in total. The Hall–Kier alpha value is -1.18. The van der Waals surface area contributed by atoms with Crippen LogP contribution in [0.5, 0.6) is 0 Å². The fourth-order valence-electron chi connectivity index (χ4n) is 2.79. The maximum atomic E-state index is 11.8. The molecule has 0 aromatic heterocycles. The molecular weight excluding hydrogens is 342 g/mol. The molecule has 5 nitrogen and oxygen atoms in total. The number of hydrogen-bond donors (Lipinski definition) is 1. The highest BCUT2D eigenvalue weighted by molar-refractivity contribution is 7.91. The largest absolute Gasteiger partial charge is 0.344 e. The Labute approximate surface area is 150 Å². The zero-order valence-corrected chi connectivity index (χ0v) is 16.5. The summed E-state index contributed by atoms with van der Waals surface area (Å²) in [5.41, 5.74) is 3.38. The van der Waals surface area contributed by atoms with Gasteiger partial charge in [0.25, 0.3) is 0 Å². The van der Waals surface area contributed by atoms with Crippen LogP contribution in [0.1, 0.15) is 17.5 Å². The number of benzene rings is 1. The predicted molar refractivity (Wildman–Crippen MR) is 104 cm³/mol. The van der Waals surface area contributed by atoms with Crippen molar-refractivity contribution >= 4 is 32.9 Å². The number of likely N-dealkylation sites (N-methyl/N-ethyl adjacent to an activating group) is 1. The average Bonchev–Trinajstić information content (AvgIpc) is 2.83. The van der Waals surface area contributed by atoms with Crippen molar-refractivity contribution < 1.29 is 8.42 Å². The van der Waals surface area contributed by atoms with Crippen molar-refractivity contribution in [1.82, 2.24) is 9.80 Å². The number of anilines is 1. The number of nitrogens with zero attached hydrogens (tertiary/aromatic N) is 2. The maximum absolute atomic E-state index is 11.8. The third-order valence-electron chi connectivity index (χ3n) is 4.46. The molecule has 1 aliphatic rings. The number of nitrogens with one attached hydrogen (secondary N) is 1. The number of hydrogen-bond acceptors (Lipinski definition) is 4. The van der Waals surface area contributed by atoms with Crippen LogP contribution in [0.25, 0.3) is 0 Å². The van der Waals surface area contributed by atoms with E-state index < -0.39 is 9.84 Å². The molecule has 0 aliphatic carbocycles. The first kappa shape index (κ1) is 19.1. The minimum Gasteiger partial charge on any atom is -0.344 e. The molecule has 0 spiro atoms. The lowest BCUT2D eigenvalue weighted by Gasteiger charge is -2.32. The van der Waals surface area contributed by atoms with Crippen molar-refractivity contribution in [2.24, 2.45) is 0 Å². The van der Waals surface area contributed by atoms with Gasteiger partial charge in [-0.15, -0.1) is 0 Å². The summed E-state index contributed by atoms with van der Waals surface area (Å²) in [6.45, 7) is 5.68. The van der Waals surface area contributed by atoms with Gasteiger partial charge in [0, 0.05) is 24.8 Å². The van der Waals surface area contributed by atoms with E-state index in [-0.39, 0.29) is 17.5 Å². The Bertz CT molecular complexity index is 702. The first-order valence-corrected chi connectivity index (χ1v) is 10.4. The molecule has 1 fully saturated rings. The monoisotopic (exact) mass is 369 g/mol. The highest BCUT2D eigenvalue weighted by Crippen LogP contribution is 2.20. The van der Waals surface area contributed by atoms with Gasteiger partial charge in [-0.25, -0.2) is 8.42 Å². The Balaban J connectivity index is 2.12. The normalized spacial score (nSPS) is 19.5. The zero-order valence-electron chi connectivity index (χ0n) is 14.9. The molecule has 1 saturated heterocycles. The first-order valence-electron chi connectivity index (χ1n) is 8.18. The van der Waals surface area contributed by atoms with E-state index in [0.29, 0.717) is 18.1 Å². The van der Waals surface area contributed by atoms with Crippen LogP contribution >= 0.6 is 12.2 Å². The smallest absolute Gasteiger partial charge is 0.173 e. The van der Waals surface area contributed by atoms with Gasteiger partial charge in [0.05, 0.1) is 11.5 Å². The van der Waals surface area contributed by atoms with Gasteiger partial charge in [-0.05, 0) is 69.8 Å². The molecule has 0 unspecified atom stereocenters. The molecule has 1 heterocycles. The van der Waals surface area contributed by atoms with E-state index in [1.807, 2.05) is 25.1 Å². The zero-order chi connectivity index (χ0) is 17.9. The molecule has 24 heavy (non-hydrogen) atoms. The SMILES string of the molecule is Cc1ccc(NC(=S)N(CCN(C)C)[C@H]2CCS(=O)(=O)C2)cc1C. The third-order valence-corrected chi connectivity index (χ3v) is 6.54. The van der Waals surface area contributed by atoms with Gasteiger partial charge in [-0.3, -0.25) is 0 Å². The van der Waals surface area contributed by atoms with E-state index in [9.17, 15) is 8.42 Å². The lowest BCUT2D eigenvalue weighted by Crippen LogP contribution is -2.46. The molecule has 7 heteroatoms. The summed E-state index contributed by atoms with van der Waals surface area (Å²) < 4.78 is 23.7. The third kappa shape index (κ3) is 5.16. The van der Waals surface area contributed by atoms with Crippen LogP contribution in [-0.4, -0.2) is 68.1 Å². The summed E-state index contributed by atoms with van der Waals surface area (Å²) in [7, 11) is 1.07. The van der Waals surface area contributed by atoms with E-state index in [4.69, 9.17) is 12.2 Å².